The lowest BCUT2D eigenvalue weighted by molar-refractivity contribution is 0.249. The van der Waals surface area contributed by atoms with Gasteiger partial charge in [-0.3, -0.25) is 0 Å². The molecule has 0 spiro atoms. The molecule has 108 valence electrons. The minimum Gasteiger partial charge on any atom is -0.490 e. The van der Waals surface area contributed by atoms with Gasteiger partial charge in [0.1, 0.15) is 18.0 Å². The van der Waals surface area contributed by atoms with Crippen molar-refractivity contribution in [2.45, 2.75) is 27.1 Å². The topological polar surface area (TPSA) is 77.6 Å². The molecule has 7 heteroatoms. The van der Waals surface area contributed by atoms with Gasteiger partial charge >= 0.3 is 0 Å². The summed E-state index contributed by atoms with van der Waals surface area (Å²) in [4.78, 5) is 0. The predicted octanol–water partition coefficient (Wildman–Crippen LogP) is 2.61. The summed E-state index contributed by atoms with van der Waals surface area (Å²) in [5.41, 5.74) is 2.06. The summed E-state index contributed by atoms with van der Waals surface area (Å²) < 4.78 is 16.6. The number of aromatic nitrogens is 2. The number of hydrogen-bond acceptors (Lipinski definition) is 6. The summed E-state index contributed by atoms with van der Waals surface area (Å²) in [7, 11) is 0. The second kappa shape index (κ2) is 6.71. The SMILES string of the molecule is CCOc1cc(CO)cc(Br)c1OCc1nonc1C. The van der Waals surface area contributed by atoms with Gasteiger partial charge in [-0.1, -0.05) is 10.3 Å². The fourth-order valence-electron chi connectivity index (χ4n) is 1.64. The van der Waals surface area contributed by atoms with Crippen molar-refractivity contribution in [2.75, 3.05) is 6.61 Å². The van der Waals surface area contributed by atoms with Crippen LogP contribution in [0.4, 0.5) is 0 Å². The van der Waals surface area contributed by atoms with Crippen molar-refractivity contribution in [2.24, 2.45) is 0 Å². The van der Waals surface area contributed by atoms with Crippen LogP contribution in [0, 0.1) is 6.92 Å². The molecule has 0 atom stereocenters. The minimum atomic E-state index is -0.0642. The van der Waals surface area contributed by atoms with Gasteiger partial charge in [0.05, 0.1) is 17.7 Å². The van der Waals surface area contributed by atoms with Crippen LogP contribution in [0.1, 0.15) is 23.9 Å². The molecule has 2 rings (SSSR count). The number of ether oxygens (including phenoxy) is 2. The average Bonchev–Trinajstić information content (AvgIpc) is 2.83. The lowest BCUT2D eigenvalue weighted by Gasteiger charge is -2.14. The molecule has 0 unspecified atom stereocenters. The number of aryl methyl sites for hydroxylation is 1. The summed E-state index contributed by atoms with van der Waals surface area (Å²) in [6.07, 6.45) is 0. The highest BCUT2D eigenvalue weighted by molar-refractivity contribution is 9.10. The Kier molecular flexibility index (Phi) is 4.97. The zero-order valence-corrected chi connectivity index (χ0v) is 12.8. The molecule has 1 aromatic heterocycles. The second-order valence-corrected chi connectivity index (χ2v) is 4.94. The zero-order chi connectivity index (χ0) is 14.5. The van der Waals surface area contributed by atoms with Crippen LogP contribution in [0.3, 0.4) is 0 Å². The van der Waals surface area contributed by atoms with Crippen LogP contribution in [-0.2, 0) is 13.2 Å². The summed E-state index contributed by atoms with van der Waals surface area (Å²) in [5, 5.41) is 16.7. The maximum atomic E-state index is 9.21. The van der Waals surface area contributed by atoms with Gasteiger partial charge in [0, 0.05) is 0 Å². The Balaban J connectivity index is 2.23. The largest absolute Gasteiger partial charge is 0.490 e. The Morgan fingerprint density at radius 1 is 1.30 bits per heavy atom. The first-order valence-electron chi connectivity index (χ1n) is 6.12. The number of nitrogens with zero attached hydrogens (tertiary/aromatic N) is 2. The molecule has 0 radical (unpaired) electrons. The highest BCUT2D eigenvalue weighted by Crippen LogP contribution is 2.37. The van der Waals surface area contributed by atoms with Crippen molar-refractivity contribution < 1.29 is 19.2 Å². The van der Waals surface area contributed by atoms with Gasteiger partial charge in [0.25, 0.3) is 0 Å². The number of aliphatic hydroxyl groups is 1. The molecule has 0 aliphatic rings. The molecular formula is C13H15BrN2O4. The van der Waals surface area contributed by atoms with Crippen LogP contribution in [0.5, 0.6) is 11.5 Å². The van der Waals surface area contributed by atoms with Crippen LogP contribution in [0.25, 0.3) is 0 Å². The smallest absolute Gasteiger partial charge is 0.175 e. The van der Waals surface area contributed by atoms with E-state index >= 15 is 0 Å². The fourth-order valence-corrected chi connectivity index (χ4v) is 2.24. The minimum absolute atomic E-state index is 0.0642. The number of hydrogen-bond donors (Lipinski definition) is 1. The lowest BCUT2D eigenvalue weighted by Crippen LogP contribution is -2.02. The van der Waals surface area contributed by atoms with Crippen LogP contribution in [-0.4, -0.2) is 22.0 Å². The monoisotopic (exact) mass is 342 g/mol. The van der Waals surface area contributed by atoms with E-state index in [0.29, 0.717) is 34.0 Å². The first-order chi connectivity index (χ1) is 9.65. The first kappa shape index (κ1) is 14.8. The van der Waals surface area contributed by atoms with Crippen molar-refractivity contribution >= 4 is 15.9 Å². The molecule has 0 bridgehead atoms. The Hall–Kier alpha value is -1.60. The van der Waals surface area contributed by atoms with E-state index in [-0.39, 0.29) is 13.2 Å². The quantitative estimate of drug-likeness (QED) is 0.869. The summed E-state index contributed by atoms with van der Waals surface area (Å²) in [6, 6.07) is 3.53. The Morgan fingerprint density at radius 3 is 2.70 bits per heavy atom. The normalized spacial score (nSPS) is 10.6. The van der Waals surface area contributed by atoms with Crippen molar-refractivity contribution in [3.05, 3.63) is 33.6 Å². The molecule has 20 heavy (non-hydrogen) atoms. The fraction of sp³-hybridized carbons (Fsp3) is 0.385. The molecule has 0 fully saturated rings. The van der Waals surface area contributed by atoms with E-state index in [1.54, 1.807) is 19.1 Å². The molecule has 0 aliphatic heterocycles. The maximum absolute atomic E-state index is 9.21. The van der Waals surface area contributed by atoms with Crippen molar-refractivity contribution in [1.29, 1.82) is 0 Å². The molecule has 6 nitrogen and oxygen atoms in total. The number of aliphatic hydroxyl groups excluding tert-OH is 1. The summed E-state index contributed by atoms with van der Waals surface area (Å²) in [6.45, 7) is 4.34. The van der Waals surface area contributed by atoms with Crippen molar-refractivity contribution in [3.63, 3.8) is 0 Å². The molecule has 0 aliphatic carbocycles. The van der Waals surface area contributed by atoms with Crippen molar-refractivity contribution in [3.8, 4) is 11.5 Å². The zero-order valence-electron chi connectivity index (χ0n) is 11.2. The number of benzene rings is 1. The van der Waals surface area contributed by atoms with Gasteiger partial charge in [-0.2, -0.15) is 0 Å². The lowest BCUT2D eigenvalue weighted by atomic mass is 10.2. The van der Waals surface area contributed by atoms with Gasteiger partial charge in [0.2, 0.25) is 0 Å². The van der Waals surface area contributed by atoms with Crippen LogP contribution >= 0.6 is 15.9 Å². The number of rotatable bonds is 6. The summed E-state index contributed by atoms with van der Waals surface area (Å²) >= 11 is 3.42. The Bertz CT molecular complexity index is 586. The molecule has 1 heterocycles. The summed E-state index contributed by atoms with van der Waals surface area (Å²) in [5.74, 6) is 1.13. The van der Waals surface area contributed by atoms with E-state index in [9.17, 15) is 5.11 Å². The van der Waals surface area contributed by atoms with E-state index in [2.05, 4.69) is 30.9 Å². The predicted molar refractivity (Wildman–Crippen MR) is 74.6 cm³/mol. The maximum Gasteiger partial charge on any atom is 0.175 e. The highest BCUT2D eigenvalue weighted by Gasteiger charge is 2.14. The first-order valence-corrected chi connectivity index (χ1v) is 6.92. The second-order valence-electron chi connectivity index (χ2n) is 4.08. The number of halogens is 1. The molecule has 2 aromatic rings. The average molecular weight is 343 g/mol. The van der Waals surface area contributed by atoms with E-state index < -0.39 is 0 Å². The Labute approximate surface area is 124 Å². The Morgan fingerprint density at radius 2 is 2.10 bits per heavy atom. The van der Waals surface area contributed by atoms with Crippen LogP contribution in [0.15, 0.2) is 21.2 Å². The standard InChI is InChI=1S/C13H15BrN2O4/c1-3-18-12-5-9(6-17)4-10(14)13(12)19-7-11-8(2)15-20-16-11/h4-5,17H,3,6-7H2,1-2H3. The van der Waals surface area contributed by atoms with Gasteiger partial charge in [-0.05, 0) is 47.5 Å². The molecule has 0 saturated carbocycles. The molecule has 1 aromatic carbocycles. The third-order valence-corrected chi connectivity index (χ3v) is 3.24. The van der Waals surface area contributed by atoms with Gasteiger partial charge < -0.3 is 14.6 Å². The molecule has 0 saturated heterocycles. The third kappa shape index (κ3) is 3.29. The highest BCUT2D eigenvalue weighted by atomic mass is 79.9. The van der Waals surface area contributed by atoms with E-state index in [4.69, 9.17) is 9.47 Å². The van der Waals surface area contributed by atoms with Crippen molar-refractivity contribution in [1.82, 2.24) is 10.3 Å². The van der Waals surface area contributed by atoms with E-state index in [1.165, 1.54) is 0 Å². The van der Waals surface area contributed by atoms with Gasteiger partial charge in [-0.15, -0.1) is 0 Å². The molecular weight excluding hydrogens is 328 g/mol. The molecule has 0 amide bonds. The van der Waals surface area contributed by atoms with E-state index in [1.807, 2.05) is 6.92 Å². The van der Waals surface area contributed by atoms with Gasteiger partial charge in [-0.25, -0.2) is 4.63 Å². The van der Waals surface area contributed by atoms with E-state index in [0.717, 1.165) is 5.56 Å². The van der Waals surface area contributed by atoms with Gasteiger partial charge in [0.15, 0.2) is 11.5 Å². The van der Waals surface area contributed by atoms with Crippen LogP contribution in [0.2, 0.25) is 0 Å². The third-order valence-electron chi connectivity index (χ3n) is 2.65. The molecule has 1 N–H and O–H groups in total. The van der Waals surface area contributed by atoms with Crippen LogP contribution < -0.4 is 9.47 Å².